The Morgan fingerprint density at radius 1 is 1.45 bits per heavy atom. The molecule has 0 bridgehead atoms. The average Bonchev–Trinajstić information content (AvgIpc) is 2.82. The summed E-state index contributed by atoms with van der Waals surface area (Å²) in [5.41, 5.74) is 0.377. The third kappa shape index (κ3) is 3.08. The van der Waals surface area contributed by atoms with E-state index in [0.717, 1.165) is 6.42 Å². The maximum atomic E-state index is 13.8. The zero-order chi connectivity index (χ0) is 14.5. The van der Waals surface area contributed by atoms with Gasteiger partial charge in [-0.1, -0.05) is 18.1 Å². The molecule has 106 valence electrons. The van der Waals surface area contributed by atoms with Crippen molar-refractivity contribution in [2.24, 2.45) is 7.05 Å². The molecule has 1 heterocycles. The van der Waals surface area contributed by atoms with Crippen LogP contribution < -0.4 is 10.6 Å². The minimum atomic E-state index is -0.490. The predicted octanol–water partition coefficient (Wildman–Crippen LogP) is 1.42. The first kappa shape index (κ1) is 13.9. The number of para-hydroxylation sites is 1. The van der Waals surface area contributed by atoms with Crippen molar-refractivity contribution in [3.8, 4) is 0 Å². The van der Waals surface area contributed by atoms with E-state index in [1.54, 1.807) is 7.05 Å². The van der Waals surface area contributed by atoms with Gasteiger partial charge in [0.25, 0.3) is 11.9 Å². The van der Waals surface area contributed by atoms with Gasteiger partial charge in [0, 0.05) is 6.54 Å². The van der Waals surface area contributed by atoms with Crippen LogP contribution in [0.1, 0.15) is 23.7 Å². The van der Waals surface area contributed by atoms with Gasteiger partial charge in [0.1, 0.15) is 5.82 Å². The molecule has 0 unspecified atom stereocenters. The first-order valence-electron chi connectivity index (χ1n) is 6.19. The van der Waals surface area contributed by atoms with Gasteiger partial charge >= 0.3 is 0 Å². The molecule has 1 aromatic carbocycles. The molecule has 0 saturated carbocycles. The minimum absolute atomic E-state index is 0.0724. The molecule has 2 rings (SSSR count). The number of anilines is 2. The zero-order valence-corrected chi connectivity index (χ0v) is 11.2. The highest BCUT2D eigenvalue weighted by Gasteiger charge is 2.16. The smallest absolute Gasteiger partial charge is 0.270 e. The Labute approximate surface area is 115 Å². The summed E-state index contributed by atoms with van der Waals surface area (Å²) in [6, 6.07) is 4.31. The molecule has 0 saturated heterocycles. The second-order valence-corrected chi connectivity index (χ2v) is 4.15. The summed E-state index contributed by atoms with van der Waals surface area (Å²) in [7, 11) is 1.58. The average molecular weight is 278 g/mol. The van der Waals surface area contributed by atoms with Gasteiger partial charge in [-0.3, -0.25) is 10.1 Å². The first-order chi connectivity index (χ1) is 9.61. The van der Waals surface area contributed by atoms with Crippen LogP contribution in [0.3, 0.4) is 0 Å². The van der Waals surface area contributed by atoms with Crippen molar-refractivity contribution < 1.29 is 9.18 Å². The van der Waals surface area contributed by atoms with E-state index >= 15 is 0 Å². The van der Waals surface area contributed by atoms with E-state index in [2.05, 4.69) is 26.0 Å². The molecular formula is C12H15FN6O. The molecule has 0 aliphatic heterocycles. The molecule has 0 aliphatic rings. The fourth-order valence-corrected chi connectivity index (χ4v) is 1.65. The molecule has 7 nitrogen and oxygen atoms in total. The zero-order valence-electron chi connectivity index (χ0n) is 11.2. The molecule has 8 heteroatoms. The number of carbonyl (C=O) groups excluding carboxylic acids is 1. The number of halogens is 1. The molecular weight excluding hydrogens is 263 g/mol. The van der Waals surface area contributed by atoms with Gasteiger partial charge in [-0.2, -0.15) is 4.80 Å². The molecule has 0 aliphatic carbocycles. The SMILES string of the molecule is CCCNc1c(F)cccc1C(=O)Nc1nnn(C)n1. The summed E-state index contributed by atoms with van der Waals surface area (Å²) in [5, 5.41) is 16.5. The highest BCUT2D eigenvalue weighted by molar-refractivity contribution is 6.07. The number of hydrogen-bond donors (Lipinski definition) is 2. The number of carbonyl (C=O) groups is 1. The van der Waals surface area contributed by atoms with E-state index in [4.69, 9.17) is 0 Å². The quantitative estimate of drug-likeness (QED) is 0.864. The van der Waals surface area contributed by atoms with Crippen LogP contribution in [0.5, 0.6) is 0 Å². The van der Waals surface area contributed by atoms with E-state index in [-0.39, 0.29) is 17.2 Å². The van der Waals surface area contributed by atoms with Gasteiger partial charge in [-0.25, -0.2) is 4.39 Å². The van der Waals surface area contributed by atoms with Crippen LogP contribution in [0.25, 0.3) is 0 Å². The second kappa shape index (κ2) is 6.09. The third-order valence-corrected chi connectivity index (χ3v) is 2.54. The van der Waals surface area contributed by atoms with Gasteiger partial charge in [-0.05, 0) is 23.8 Å². The summed E-state index contributed by atoms with van der Waals surface area (Å²) >= 11 is 0. The molecule has 0 fully saturated rings. The summed E-state index contributed by atoms with van der Waals surface area (Å²) < 4.78 is 13.8. The Balaban J connectivity index is 2.22. The van der Waals surface area contributed by atoms with Crippen molar-refractivity contribution >= 4 is 17.5 Å². The summed E-state index contributed by atoms with van der Waals surface area (Å²) in [4.78, 5) is 13.3. The van der Waals surface area contributed by atoms with E-state index in [1.807, 2.05) is 6.92 Å². The Morgan fingerprint density at radius 2 is 2.25 bits per heavy atom. The minimum Gasteiger partial charge on any atom is -0.382 e. The second-order valence-electron chi connectivity index (χ2n) is 4.15. The molecule has 20 heavy (non-hydrogen) atoms. The number of rotatable bonds is 5. The van der Waals surface area contributed by atoms with Crippen LogP contribution >= 0.6 is 0 Å². The molecule has 0 radical (unpaired) electrons. The fourth-order valence-electron chi connectivity index (χ4n) is 1.65. The van der Waals surface area contributed by atoms with Crippen LogP contribution in [-0.4, -0.2) is 32.7 Å². The molecule has 2 N–H and O–H groups in total. The number of aryl methyl sites for hydroxylation is 1. The highest BCUT2D eigenvalue weighted by atomic mass is 19.1. The maximum absolute atomic E-state index is 13.8. The van der Waals surface area contributed by atoms with Crippen LogP contribution in [0.15, 0.2) is 18.2 Å². The maximum Gasteiger partial charge on any atom is 0.270 e. The molecule has 2 aromatic rings. The van der Waals surface area contributed by atoms with Crippen molar-refractivity contribution in [2.45, 2.75) is 13.3 Å². The molecule has 1 aromatic heterocycles. The molecule has 0 atom stereocenters. The molecule has 0 spiro atoms. The summed E-state index contributed by atoms with van der Waals surface area (Å²) in [6.07, 6.45) is 0.821. The van der Waals surface area contributed by atoms with Gasteiger partial charge in [0.05, 0.1) is 18.3 Å². The van der Waals surface area contributed by atoms with Crippen molar-refractivity contribution in [3.63, 3.8) is 0 Å². The number of amides is 1. The normalized spacial score (nSPS) is 10.3. The van der Waals surface area contributed by atoms with Gasteiger partial charge < -0.3 is 5.32 Å². The summed E-state index contributed by atoms with van der Waals surface area (Å²) in [6.45, 7) is 2.53. The predicted molar refractivity (Wildman–Crippen MR) is 71.9 cm³/mol. The number of nitrogens with zero attached hydrogens (tertiary/aromatic N) is 4. The van der Waals surface area contributed by atoms with Crippen molar-refractivity contribution in [2.75, 3.05) is 17.2 Å². The number of benzene rings is 1. The standard InChI is InChI=1S/C12H15FN6O/c1-3-7-14-10-8(5-4-6-9(10)13)11(20)15-12-16-18-19(2)17-12/h4-6,14H,3,7H2,1-2H3,(H,15,17,20). The van der Waals surface area contributed by atoms with Crippen LogP contribution in [0.4, 0.5) is 16.0 Å². The van der Waals surface area contributed by atoms with Gasteiger partial charge in [0.2, 0.25) is 0 Å². The van der Waals surface area contributed by atoms with E-state index in [1.165, 1.54) is 23.0 Å². The van der Waals surface area contributed by atoms with Crippen LogP contribution in [0, 0.1) is 5.82 Å². The van der Waals surface area contributed by atoms with Gasteiger partial charge in [-0.15, -0.1) is 5.10 Å². The largest absolute Gasteiger partial charge is 0.382 e. The van der Waals surface area contributed by atoms with E-state index in [9.17, 15) is 9.18 Å². The van der Waals surface area contributed by atoms with Crippen molar-refractivity contribution in [1.29, 1.82) is 0 Å². The number of aromatic nitrogens is 4. The summed E-state index contributed by atoms with van der Waals surface area (Å²) in [5.74, 6) is -0.891. The van der Waals surface area contributed by atoms with E-state index < -0.39 is 11.7 Å². The lowest BCUT2D eigenvalue weighted by Gasteiger charge is -2.11. The van der Waals surface area contributed by atoms with Crippen molar-refractivity contribution in [1.82, 2.24) is 20.2 Å². The van der Waals surface area contributed by atoms with Gasteiger partial charge in [0.15, 0.2) is 0 Å². The fraction of sp³-hybridized carbons (Fsp3) is 0.333. The topological polar surface area (TPSA) is 84.7 Å². The first-order valence-corrected chi connectivity index (χ1v) is 6.19. The lowest BCUT2D eigenvalue weighted by atomic mass is 10.1. The van der Waals surface area contributed by atoms with E-state index in [0.29, 0.717) is 6.54 Å². The lowest BCUT2D eigenvalue weighted by Crippen LogP contribution is -2.17. The van der Waals surface area contributed by atoms with Crippen LogP contribution in [0.2, 0.25) is 0 Å². The monoisotopic (exact) mass is 278 g/mol. The third-order valence-electron chi connectivity index (χ3n) is 2.54. The lowest BCUT2D eigenvalue weighted by molar-refractivity contribution is 0.102. The Morgan fingerprint density at radius 3 is 2.90 bits per heavy atom. The number of nitrogens with one attached hydrogen (secondary N) is 2. The Hall–Kier alpha value is -2.51. The number of hydrogen-bond acceptors (Lipinski definition) is 5. The number of tetrazole rings is 1. The van der Waals surface area contributed by atoms with Crippen molar-refractivity contribution in [3.05, 3.63) is 29.6 Å². The molecule has 1 amide bonds. The van der Waals surface area contributed by atoms with Crippen LogP contribution in [-0.2, 0) is 7.05 Å². The Kier molecular flexibility index (Phi) is 4.24. The highest BCUT2D eigenvalue weighted by Crippen LogP contribution is 2.20. The Bertz CT molecular complexity index is 612.